The topological polar surface area (TPSA) is 92.1 Å². The van der Waals surface area contributed by atoms with Crippen molar-refractivity contribution in [1.82, 2.24) is 15.1 Å². The van der Waals surface area contributed by atoms with Crippen molar-refractivity contribution < 1.29 is 9.72 Å². The molecule has 0 bridgehead atoms. The number of hydrogen-bond donors (Lipinski definition) is 1. The molecule has 104 valence electrons. The lowest BCUT2D eigenvalue weighted by Crippen LogP contribution is -2.26. The Hall–Kier alpha value is -2.41. The van der Waals surface area contributed by atoms with Crippen LogP contribution in [0.3, 0.4) is 0 Å². The molecule has 0 atom stereocenters. The molecule has 1 aromatic carbocycles. The number of amides is 1. The van der Waals surface area contributed by atoms with Crippen molar-refractivity contribution in [2.75, 3.05) is 7.05 Å². The molecule has 1 N–H and O–H groups in total. The van der Waals surface area contributed by atoms with Crippen LogP contribution >= 0.6 is 11.6 Å². The summed E-state index contributed by atoms with van der Waals surface area (Å²) in [7, 11) is 1.59. The van der Waals surface area contributed by atoms with E-state index >= 15 is 0 Å². The lowest BCUT2D eigenvalue weighted by Gasteiger charge is -2.16. The minimum atomic E-state index is -0.566. The summed E-state index contributed by atoms with van der Waals surface area (Å²) in [5.41, 5.74) is 0.753. The summed E-state index contributed by atoms with van der Waals surface area (Å²) in [6.07, 6.45) is 3.26. The van der Waals surface area contributed by atoms with Gasteiger partial charge in [-0.15, -0.1) is 0 Å². The predicted molar refractivity (Wildman–Crippen MR) is 72.5 cm³/mol. The van der Waals surface area contributed by atoms with Crippen LogP contribution in [0.2, 0.25) is 5.02 Å². The highest BCUT2D eigenvalue weighted by molar-refractivity contribution is 6.33. The van der Waals surface area contributed by atoms with Gasteiger partial charge in [-0.25, -0.2) is 0 Å². The smallest absolute Gasteiger partial charge is 0.270 e. The fourth-order valence-electron chi connectivity index (χ4n) is 1.71. The lowest BCUT2D eigenvalue weighted by molar-refractivity contribution is -0.384. The van der Waals surface area contributed by atoms with Crippen LogP contribution in [0.25, 0.3) is 0 Å². The molecule has 2 aromatic rings. The zero-order valence-electron chi connectivity index (χ0n) is 10.5. The number of nitrogens with zero attached hydrogens (tertiary/aromatic N) is 3. The van der Waals surface area contributed by atoms with Gasteiger partial charge in [-0.3, -0.25) is 20.0 Å². The summed E-state index contributed by atoms with van der Waals surface area (Å²) in [5, 5.41) is 17.3. The molecule has 0 aliphatic carbocycles. The maximum absolute atomic E-state index is 12.3. The van der Waals surface area contributed by atoms with E-state index in [1.54, 1.807) is 19.4 Å². The van der Waals surface area contributed by atoms with Crippen molar-refractivity contribution in [3.05, 3.63) is 56.9 Å². The van der Waals surface area contributed by atoms with Gasteiger partial charge in [0.15, 0.2) is 0 Å². The Morgan fingerprint density at radius 1 is 1.55 bits per heavy atom. The van der Waals surface area contributed by atoms with E-state index in [1.165, 1.54) is 23.1 Å². The quantitative estimate of drug-likeness (QED) is 0.691. The largest absolute Gasteiger partial charge is 0.337 e. The number of rotatable bonds is 4. The highest BCUT2D eigenvalue weighted by Gasteiger charge is 2.19. The second-order valence-electron chi connectivity index (χ2n) is 4.19. The Kier molecular flexibility index (Phi) is 3.99. The molecule has 0 unspecified atom stereocenters. The molecule has 0 saturated carbocycles. The molecule has 0 spiro atoms. The van der Waals surface area contributed by atoms with E-state index in [4.69, 9.17) is 11.6 Å². The van der Waals surface area contributed by atoms with Gasteiger partial charge in [0.25, 0.3) is 11.6 Å². The molecular weight excluding hydrogens is 284 g/mol. The fraction of sp³-hybridized carbons (Fsp3) is 0.167. The maximum atomic E-state index is 12.3. The van der Waals surface area contributed by atoms with Crippen molar-refractivity contribution in [2.45, 2.75) is 6.54 Å². The van der Waals surface area contributed by atoms with Gasteiger partial charge in [0, 0.05) is 37.5 Å². The van der Waals surface area contributed by atoms with Gasteiger partial charge in [0.2, 0.25) is 0 Å². The Morgan fingerprint density at radius 3 is 2.90 bits per heavy atom. The van der Waals surface area contributed by atoms with Crippen molar-refractivity contribution in [2.24, 2.45) is 0 Å². The highest BCUT2D eigenvalue weighted by Crippen LogP contribution is 2.23. The molecule has 0 fully saturated rings. The highest BCUT2D eigenvalue weighted by atomic mass is 35.5. The second-order valence-corrected chi connectivity index (χ2v) is 4.60. The zero-order chi connectivity index (χ0) is 14.7. The van der Waals surface area contributed by atoms with Crippen LogP contribution in [0.1, 0.15) is 15.9 Å². The predicted octanol–water partition coefficient (Wildman–Crippen LogP) is 2.24. The number of non-ortho nitro benzene ring substituents is 1. The second kappa shape index (κ2) is 5.70. The van der Waals surface area contributed by atoms with Crippen molar-refractivity contribution in [3.8, 4) is 0 Å². The molecule has 8 heteroatoms. The Bertz CT molecular complexity index is 642. The molecule has 0 saturated heterocycles. The monoisotopic (exact) mass is 294 g/mol. The normalized spacial score (nSPS) is 10.3. The van der Waals surface area contributed by atoms with E-state index < -0.39 is 4.92 Å². The van der Waals surface area contributed by atoms with Gasteiger partial charge in [-0.05, 0) is 6.07 Å². The van der Waals surface area contributed by atoms with Crippen LogP contribution in [0, 0.1) is 10.1 Å². The number of nitro groups is 1. The molecule has 1 aromatic heterocycles. The lowest BCUT2D eigenvalue weighted by atomic mass is 10.1. The average molecular weight is 295 g/mol. The molecule has 20 heavy (non-hydrogen) atoms. The SMILES string of the molecule is CN(Cc1cn[nH]c1)C(=O)c1cc([N+](=O)[O-])ccc1Cl. The first kappa shape index (κ1) is 14.0. The van der Waals surface area contributed by atoms with Crippen molar-refractivity contribution >= 4 is 23.2 Å². The Morgan fingerprint density at radius 2 is 2.30 bits per heavy atom. The minimum absolute atomic E-state index is 0.104. The summed E-state index contributed by atoms with van der Waals surface area (Å²) >= 11 is 5.93. The number of hydrogen-bond acceptors (Lipinski definition) is 4. The van der Waals surface area contributed by atoms with Crippen LogP contribution in [0.4, 0.5) is 5.69 Å². The number of nitro benzene ring substituents is 1. The molecule has 0 radical (unpaired) electrons. The van der Waals surface area contributed by atoms with Crippen LogP contribution < -0.4 is 0 Å². The zero-order valence-corrected chi connectivity index (χ0v) is 11.3. The van der Waals surface area contributed by atoms with Gasteiger partial charge in [-0.2, -0.15) is 5.10 Å². The first-order chi connectivity index (χ1) is 9.49. The number of carbonyl (C=O) groups is 1. The molecule has 0 aliphatic heterocycles. The van der Waals surface area contributed by atoms with Crippen LogP contribution in [-0.4, -0.2) is 33.0 Å². The van der Waals surface area contributed by atoms with E-state index in [0.717, 1.165) is 5.56 Å². The molecule has 1 heterocycles. The van der Waals surface area contributed by atoms with E-state index in [9.17, 15) is 14.9 Å². The van der Waals surface area contributed by atoms with Gasteiger partial charge in [-0.1, -0.05) is 11.6 Å². The number of nitrogens with one attached hydrogen (secondary N) is 1. The Labute approximate surface area is 119 Å². The fourth-order valence-corrected chi connectivity index (χ4v) is 1.90. The molecule has 7 nitrogen and oxygen atoms in total. The number of benzene rings is 1. The van der Waals surface area contributed by atoms with E-state index in [-0.39, 0.29) is 22.2 Å². The van der Waals surface area contributed by atoms with E-state index in [2.05, 4.69) is 10.2 Å². The summed E-state index contributed by atoms with van der Waals surface area (Å²) < 4.78 is 0. The molecule has 0 aliphatic rings. The van der Waals surface area contributed by atoms with Gasteiger partial charge < -0.3 is 4.90 Å². The third-order valence-electron chi connectivity index (χ3n) is 2.71. The standard InChI is InChI=1S/C12H11ClN4O3/c1-16(7-8-5-14-15-6-8)12(18)10-4-9(17(19)20)2-3-11(10)13/h2-6H,7H2,1H3,(H,14,15). The third kappa shape index (κ3) is 2.94. The van der Waals surface area contributed by atoms with Crippen LogP contribution in [0.15, 0.2) is 30.6 Å². The van der Waals surface area contributed by atoms with Gasteiger partial charge >= 0.3 is 0 Å². The van der Waals surface area contributed by atoms with E-state index in [0.29, 0.717) is 6.54 Å². The maximum Gasteiger partial charge on any atom is 0.270 e. The number of aromatic nitrogens is 2. The third-order valence-corrected chi connectivity index (χ3v) is 3.04. The van der Waals surface area contributed by atoms with Crippen molar-refractivity contribution in [1.29, 1.82) is 0 Å². The first-order valence-corrected chi connectivity index (χ1v) is 6.04. The van der Waals surface area contributed by atoms with Gasteiger partial charge in [0.05, 0.1) is 21.7 Å². The van der Waals surface area contributed by atoms with Crippen molar-refractivity contribution in [3.63, 3.8) is 0 Å². The van der Waals surface area contributed by atoms with Gasteiger partial charge in [0.1, 0.15) is 0 Å². The molecular formula is C12H11ClN4O3. The van der Waals surface area contributed by atoms with E-state index in [1.807, 2.05) is 0 Å². The average Bonchev–Trinajstić information content (AvgIpc) is 2.91. The number of carbonyl (C=O) groups excluding carboxylic acids is 1. The number of aromatic amines is 1. The van der Waals surface area contributed by atoms with Crippen LogP contribution in [0.5, 0.6) is 0 Å². The molecule has 2 rings (SSSR count). The first-order valence-electron chi connectivity index (χ1n) is 5.66. The summed E-state index contributed by atoms with van der Waals surface area (Å²) in [6.45, 7) is 0.328. The number of H-pyrrole nitrogens is 1. The number of halogens is 1. The minimum Gasteiger partial charge on any atom is -0.337 e. The Balaban J connectivity index is 2.23. The molecule has 1 amide bonds. The summed E-state index contributed by atoms with van der Waals surface area (Å²) in [4.78, 5) is 23.8. The van der Waals surface area contributed by atoms with Crippen LogP contribution in [-0.2, 0) is 6.54 Å². The summed E-state index contributed by atoms with van der Waals surface area (Å²) in [6, 6.07) is 3.78. The summed E-state index contributed by atoms with van der Waals surface area (Å²) in [5.74, 6) is -0.389.